The Hall–Kier alpha value is -1.09. The van der Waals surface area contributed by atoms with E-state index in [1.165, 1.54) is 6.07 Å². The summed E-state index contributed by atoms with van der Waals surface area (Å²) in [5, 5.41) is 0. The summed E-state index contributed by atoms with van der Waals surface area (Å²) in [4.78, 5) is 2.23. The highest BCUT2D eigenvalue weighted by molar-refractivity contribution is 5.34. The maximum Gasteiger partial charge on any atom is 0.165 e. The van der Waals surface area contributed by atoms with E-state index in [2.05, 4.69) is 32.7 Å². The van der Waals surface area contributed by atoms with Crippen LogP contribution >= 0.6 is 0 Å². The number of hydrogen-bond acceptors (Lipinski definition) is 2. The molecule has 18 heavy (non-hydrogen) atoms. The standard InChI is InChI=1S/C15H22FNO/c1-15(2,3)12-5-6-13(16)14(7-12)18-10-11-8-17(4)9-11/h5-7,11H,8-10H2,1-4H3. The smallest absolute Gasteiger partial charge is 0.165 e. The van der Waals surface area contributed by atoms with Crippen LogP contribution in [-0.4, -0.2) is 31.6 Å². The maximum atomic E-state index is 13.7. The topological polar surface area (TPSA) is 12.5 Å². The van der Waals surface area contributed by atoms with E-state index in [0.717, 1.165) is 18.7 Å². The van der Waals surface area contributed by atoms with Crippen molar-refractivity contribution in [2.75, 3.05) is 26.7 Å². The Morgan fingerprint density at radius 2 is 2.00 bits per heavy atom. The van der Waals surface area contributed by atoms with E-state index < -0.39 is 0 Å². The van der Waals surface area contributed by atoms with Gasteiger partial charge in [-0.25, -0.2) is 4.39 Å². The molecule has 1 saturated heterocycles. The lowest BCUT2D eigenvalue weighted by Gasteiger charge is -2.35. The number of benzene rings is 1. The molecule has 0 saturated carbocycles. The van der Waals surface area contributed by atoms with E-state index in [1.54, 1.807) is 0 Å². The average Bonchev–Trinajstić information content (AvgIpc) is 2.23. The van der Waals surface area contributed by atoms with Crippen molar-refractivity contribution >= 4 is 0 Å². The van der Waals surface area contributed by atoms with Gasteiger partial charge in [-0.1, -0.05) is 26.8 Å². The Kier molecular flexibility index (Phi) is 3.62. The Morgan fingerprint density at radius 1 is 1.33 bits per heavy atom. The van der Waals surface area contributed by atoms with Crippen LogP contribution in [0.15, 0.2) is 18.2 Å². The van der Waals surface area contributed by atoms with Crippen molar-refractivity contribution in [2.45, 2.75) is 26.2 Å². The van der Waals surface area contributed by atoms with Gasteiger partial charge in [-0.15, -0.1) is 0 Å². The van der Waals surface area contributed by atoms with Crippen molar-refractivity contribution in [3.05, 3.63) is 29.6 Å². The first-order chi connectivity index (χ1) is 8.36. The lowest BCUT2D eigenvalue weighted by molar-refractivity contribution is 0.0840. The zero-order valence-corrected chi connectivity index (χ0v) is 11.7. The molecule has 2 nitrogen and oxygen atoms in total. The fraction of sp³-hybridized carbons (Fsp3) is 0.600. The van der Waals surface area contributed by atoms with Crippen LogP contribution in [0.5, 0.6) is 5.75 Å². The van der Waals surface area contributed by atoms with E-state index in [0.29, 0.717) is 18.3 Å². The molecule has 0 unspecified atom stereocenters. The van der Waals surface area contributed by atoms with Crippen LogP contribution in [0.3, 0.4) is 0 Å². The second kappa shape index (κ2) is 4.88. The van der Waals surface area contributed by atoms with Gasteiger partial charge in [-0.05, 0) is 30.2 Å². The summed E-state index contributed by atoms with van der Waals surface area (Å²) < 4.78 is 19.3. The van der Waals surface area contributed by atoms with Crippen molar-refractivity contribution in [1.82, 2.24) is 4.90 Å². The highest BCUT2D eigenvalue weighted by Crippen LogP contribution is 2.28. The number of halogens is 1. The second-order valence-corrected chi connectivity index (χ2v) is 6.29. The highest BCUT2D eigenvalue weighted by Gasteiger charge is 2.24. The van der Waals surface area contributed by atoms with Crippen LogP contribution < -0.4 is 4.74 Å². The van der Waals surface area contributed by atoms with Gasteiger partial charge in [0.05, 0.1) is 6.61 Å². The molecule has 2 rings (SSSR count). The molecular formula is C15H22FNO. The molecule has 0 amide bonds. The van der Waals surface area contributed by atoms with Gasteiger partial charge in [0.1, 0.15) is 0 Å². The van der Waals surface area contributed by atoms with Crippen molar-refractivity contribution in [3.8, 4) is 5.75 Å². The second-order valence-electron chi connectivity index (χ2n) is 6.29. The minimum Gasteiger partial charge on any atom is -0.490 e. The van der Waals surface area contributed by atoms with Crippen LogP contribution in [0, 0.1) is 11.7 Å². The Bertz CT molecular complexity index is 419. The maximum absolute atomic E-state index is 13.7. The molecule has 0 radical (unpaired) electrons. The molecule has 0 aromatic heterocycles. The first kappa shape index (κ1) is 13.3. The first-order valence-electron chi connectivity index (χ1n) is 6.47. The third kappa shape index (κ3) is 3.02. The minimum atomic E-state index is -0.268. The van der Waals surface area contributed by atoms with Crippen LogP contribution in [0.25, 0.3) is 0 Å². The molecule has 0 aliphatic carbocycles. The van der Waals surface area contributed by atoms with Crippen LogP contribution in [-0.2, 0) is 5.41 Å². The molecule has 1 aromatic carbocycles. The Morgan fingerprint density at radius 3 is 2.56 bits per heavy atom. The van der Waals surface area contributed by atoms with Crippen molar-refractivity contribution < 1.29 is 9.13 Å². The number of nitrogens with zero attached hydrogens (tertiary/aromatic N) is 1. The van der Waals surface area contributed by atoms with Gasteiger partial charge in [0.15, 0.2) is 11.6 Å². The molecule has 1 aliphatic heterocycles. The molecule has 0 N–H and O–H groups in total. The Labute approximate surface area is 109 Å². The molecule has 1 heterocycles. The largest absolute Gasteiger partial charge is 0.490 e. The molecule has 0 atom stereocenters. The first-order valence-corrected chi connectivity index (χ1v) is 6.47. The van der Waals surface area contributed by atoms with Crippen molar-refractivity contribution in [3.63, 3.8) is 0 Å². The number of rotatable bonds is 3. The van der Waals surface area contributed by atoms with E-state index in [-0.39, 0.29) is 11.2 Å². The normalized spacial score (nSPS) is 17.6. The molecule has 0 bridgehead atoms. The van der Waals surface area contributed by atoms with Crippen molar-refractivity contribution in [1.29, 1.82) is 0 Å². The fourth-order valence-electron chi connectivity index (χ4n) is 2.22. The minimum absolute atomic E-state index is 0.0164. The van der Waals surface area contributed by atoms with Gasteiger partial charge in [0.2, 0.25) is 0 Å². The van der Waals surface area contributed by atoms with Gasteiger partial charge in [0, 0.05) is 19.0 Å². The van der Waals surface area contributed by atoms with E-state index >= 15 is 0 Å². The molecule has 0 spiro atoms. The third-order valence-electron chi connectivity index (χ3n) is 3.41. The molecule has 3 heteroatoms. The lowest BCUT2D eigenvalue weighted by atomic mass is 9.87. The third-order valence-corrected chi connectivity index (χ3v) is 3.41. The van der Waals surface area contributed by atoms with Gasteiger partial charge in [-0.2, -0.15) is 0 Å². The molecule has 1 aromatic rings. The van der Waals surface area contributed by atoms with Gasteiger partial charge >= 0.3 is 0 Å². The van der Waals surface area contributed by atoms with E-state index in [1.807, 2.05) is 12.1 Å². The monoisotopic (exact) mass is 251 g/mol. The number of ether oxygens (including phenoxy) is 1. The summed E-state index contributed by atoms with van der Waals surface area (Å²) in [5.41, 5.74) is 1.12. The summed E-state index contributed by atoms with van der Waals surface area (Å²) in [6, 6.07) is 5.17. The lowest BCUT2D eigenvalue weighted by Crippen LogP contribution is -2.46. The fourth-order valence-corrected chi connectivity index (χ4v) is 2.22. The summed E-state index contributed by atoms with van der Waals surface area (Å²) in [6.07, 6.45) is 0. The SMILES string of the molecule is CN1CC(COc2cc(C(C)(C)C)ccc2F)C1. The summed E-state index contributed by atoms with van der Waals surface area (Å²) in [5.74, 6) is 0.653. The van der Waals surface area contributed by atoms with Crippen LogP contribution in [0.2, 0.25) is 0 Å². The average molecular weight is 251 g/mol. The van der Waals surface area contributed by atoms with E-state index in [9.17, 15) is 4.39 Å². The summed E-state index contributed by atoms with van der Waals surface area (Å²) in [7, 11) is 2.08. The zero-order chi connectivity index (χ0) is 13.3. The van der Waals surface area contributed by atoms with Gasteiger partial charge in [-0.3, -0.25) is 0 Å². The molecular weight excluding hydrogens is 229 g/mol. The predicted molar refractivity (Wildman–Crippen MR) is 71.6 cm³/mol. The van der Waals surface area contributed by atoms with Gasteiger partial charge in [0.25, 0.3) is 0 Å². The predicted octanol–water partition coefficient (Wildman–Crippen LogP) is 3.06. The van der Waals surface area contributed by atoms with Crippen LogP contribution in [0.1, 0.15) is 26.3 Å². The van der Waals surface area contributed by atoms with Crippen LogP contribution in [0.4, 0.5) is 4.39 Å². The zero-order valence-electron chi connectivity index (χ0n) is 11.7. The molecule has 1 aliphatic rings. The summed E-state index contributed by atoms with van der Waals surface area (Å²) >= 11 is 0. The summed E-state index contributed by atoms with van der Waals surface area (Å²) in [6.45, 7) is 9.04. The van der Waals surface area contributed by atoms with E-state index in [4.69, 9.17) is 4.74 Å². The number of likely N-dealkylation sites (tertiary alicyclic amines) is 1. The molecule has 1 fully saturated rings. The van der Waals surface area contributed by atoms with Gasteiger partial charge < -0.3 is 9.64 Å². The molecule has 100 valence electrons. The highest BCUT2D eigenvalue weighted by atomic mass is 19.1. The van der Waals surface area contributed by atoms with Crippen molar-refractivity contribution in [2.24, 2.45) is 5.92 Å². The Balaban J connectivity index is 2.02. The quantitative estimate of drug-likeness (QED) is 0.818. The number of hydrogen-bond donors (Lipinski definition) is 0.